The van der Waals surface area contributed by atoms with Crippen molar-refractivity contribution in [3.8, 4) is 0 Å². The third-order valence-corrected chi connectivity index (χ3v) is 3.74. The maximum absolute atomic E-state index is 13.5. The zero-order valence-corrected chi connectivity index (χ0v) is 10.7. The van der Waals surface area contributed by atoms with Crippen LogP contribution in [0.2, 0.25) is 0 Å². The van der Waals surface area contributed by atoms with E-state index in [1.807, 2.05) is 26.0 Å². The predicted molar refractivity (Wildman–Crippen MR) is 67.4 cm³/mol. The van der Waals surface area contributed by atoms with Gasteiger partial charge in [0.1, 0.15) is 5.82 Å². The van der Waals surface area contributed by atoms with E-state index in [0.717, 1.165) is 15.8 Å². The number of rotatable bonds is 3. The molecule has 0 aliphatic rings. The first-order valence-electron chi connectivity index (χ1n) is 5.45. The highest BCUT2D eigenvalue weighted by Crippen LogP contribution is 2.28. The minimum Gasteiger partial charge on any atom is -0.375 e. The van der Waals surface area contributed by atoms with Gasteiger partial charge in [-0.3, -0.25) is 0 Å². The Bertz CT molecular complexity index is 565. The third-order valence-electron chi connectivity index (χ3n) is 2.55. The van der Waals surface area contributed by atoms with Crippen LogP contribution in [0.5, 0.6) is 0 Å². The van der Waals surface area contributed by atoms with Crippen LogP contribution < -0.4 is 5.32 Å². The second kappa shape index (κ2) is 5.02. The molecule has 0 aliphatic heterocycles. The Morgan fingerprint density at radius 1 is 1.17 bits per heavy atom. The number of hydrogen-bond donors (Lipinski definition) is 1. The average Bonchev–Trinajstić information content (AvgIpc) is 2.72. The number of benzene rings is 1. The van der Waals surface area contributed by atoms with Gasteiger partial charge in [-0.05, 0) is 26.0 Å². The number of aryl methyl sites for hydroxylation is 1. The van der Waals surface area contributed by atoms with Gasteiger partial charge in [0.15, 0.2) is 11.6 Å². The zero-order valence-electron chi connectivity index (χ0n) is 9.93. The largest absolute Gasteiger partial charge is 0.375 e. The summed E-state index contributed by atoms with van der Waals surface area (Å²) in [5.41, 5.74) is -0.161. The van der Waals surface area contributed by atoms with E-state index in [1.165, 1.54) is 0 Å². The maximum Gasteiger partial charge on any atom is 0.182 e. The van der Waals surface area contributed by atoms with Gasteiger partial charge in [-0.2, -0.15) is 0 Å². The van der Waals surface area contributed by atoms with Gasteiger partial charge in [0, 0.05) is 21.9 Å². The molecule has 2 aromatic rings. The molecule has 0 fully saturated rings. The van der Waals surface area contributed by atoms with Crippen LogP contribution in [0.25, 0.3) is 0 Å². The van der Waals surface area contributed by atoms with Gasteiger partial charge in [-0.1, -0.05) is 0 Å². The molecule has 1 nitrogen and oxygen atoms in total. The highest BCUT2D eigenvalue weighted by molar-refractivity contribution is 7.12. The van der Waals surface area contributed by atoms with Crippen molar-refractivity contribution in [3.05, 3.63) is 51.5 Å². The molecular formula is C13H12F3NS. The molecule has 0 spiro atoms. The van der Waals surface area contributed by atoms with Crippen molar-refractivity contribution in [3.63, 3.8) is 0 Å². The fourth-order valence-corrected chi connectivity index (χ4v) is 2.53. The molecule has 0 saturated carbocycles. The number of hydrogen-bond acceptors (Lipinski definition) is 2. The van der Waals surface area contributed by atoms with E-state index in [0.29, 0.717) is 6.07 Å². The van der Waals surface area contributed by atoms with Crippen LogP contribution in [0.4, 0.5) is 18.9 Å². The topological polar surface area (TPSA) is 12.0 Å². The maximum atomic E-state index is 13.5. The highest BCUT2D eigenvalue weighted by atomic mass is 32.1. The Hall–Kier alpha value is -1.49. The second-order valence-corrected chi connectivity index (χ2v) is 5.38. The first kappa shape index (κ1) is 13.0. The smallest absolute Gasteiger partial charge is 0.182 e. The summed E-state index contributed by atoms with van der Waals surface area (Å²) in [6.07, 6.45) is 0. The van der Waals surface area contributed by atoms with Gasteiger partial charge in [0.2, 0.25) is 0 Å². The molecule has 0 bridgehead atoms. The summed E-state index contributed by atoms with van der Waals surface area (Å²) in [4.78, 5) is 2.11. The molecular weight excluding hydrogens is 259 g/mol. The molecule has 18 heavy (non-hydrogen) atoms. The van der Waals surface area contributed by atoms with Crippen LogP contribution >= 0.6 is 11.3 Å². The number of thiophene rings is 1. The van der Waals surface area contributed by atoms with Gasteiger partial charge in [0.25, 0.3) is 0 Å². The molecule has 1 unspecified atom stereocenters. The van der Waals surface area contributed by atoms with Gasteiger partial charge in [0.05, 0.1) is 11.7 Å². The van der Waals surface area contributed by atoms with Crippen LogP contribution in [-0.4, -0.2) is 0 Å². The Balaban J connectivity index is 2.24. The molecule has 5 heteroatoms. The summed E-state index contributed by atoms with van der Waals surface area (Å²) < 4.78 is 39.5. The van der Waals surface area contributed by atoms with Crippen LogP contribution in [0.3, 0.4) is 0 Å². The molecule has 0 aliphatic carbocycles. The van der Waals surface area contributed by atoms with E-state index >= 15 is 0 Å². The van der Waals surface area contributed by atoms with Gasteiger partial charge < -0.3 is 5.32 Å². The molecule has 0 saturated heterocycles. The van der Waals surface area contributed by atoms with Crippen LogP contribution in [0.1, 0.15) is 22.7 Å². The van der Waals surface area contributed by atoms with Crippen molar-refractivity contribution in [1.82, 2.24) is 0 Å². The molecule has 2 rings (SSSR count). The van der Waals surface area contributed by atoms with E-state index in [2.05, 4.69) is 5.32 Å². The lowest BCUT2D eigenvalue weighted by Gasteiger charge is -2.14. The van der Waals surface area contributed by atoms with E-state index in [1.54, 1.807) is 11.3 Å². The highest BCUT2D eigenvalue weighted by Gasteiger charge is 2.14. The van der Waals surface area contributed by atoms with Gasteiger partial charge >= 0.3 is 0 Å². The number of nitrogens with one attached hydrogen (secondary N) is 1. The molecule has 1 atom stereocenters. The quantitative estimate of drug-likeness (QED) is 0.801. The SMILES string of the molecule is Cc1ccc(C(C)Nc2cc(F)cc(F)c2F)s1. The van der Waals surface area contributed by atoms with Crippen molar-refractivity contribution in [2.24, 2.45) is 0 Å². The zero-order chi connectivity index (χ0) is 13.3. The lowest BCUT2D eigenvalue weighted by atomic mass is 10.2. The van der Waals surface area contributed by atoms with Crippen molar-refractivity contribution in [1.29, 1.82) is 0 Å². The minimum absolute atomic E-state index is 0.161. The van der Waals surface area contributed by atoms with Crippen LogP contribution in [0.15, 0.2) is 24.3 Å². The van der Waals surface area contributed by atoms with E-state index in [-0.39, 0.29) is 11.7 Å². The summed E-state index contributed by atoms with van der Waals surface area (Å²) in [6.45, 7) is 3.77. The average molecular weight is 271 g/mol. The Morgan fingerprint density at radius 2 is 1.89 bits per heavy atom. The van der Waals surface area contributed by atoms with Crippen molar-refractivity contribution >= 4 is 17.0 Å². The van der Waals surface area contributed by atoms with Crippen molar-refractivity contribution in [2.75, 3.05) is 5.32 Å². The first-order chi connectivity index (χ1) is 8.47. The molecule has 96 valence electrons. The summed E-state index contributed by atoms with van der Waals surface area (Å²) in [7, 11) is 0. The first-order valence-corrected chi connectivity index (χ1v) is 6.26. The standard InChI is InChI=1S/C13H12F3NS/c1-7-3-4-12(18-7)8(2)17-11-6-9(14)5-10(15)13(11)16/h3-6,8,17H,1-2H3. The Morgan fingerprint density at radius 3 is 2.50 bits per heavy atom. The van der Waals surface area contributed by atoms with E-state index in [4.69, 9.17) is 0 Å². The van der Waals surface area contributed by atoms with Crippen LogP contribution in [0, 0.1) is 24.4 Å². The molecule has 1 heterocycles. The summed E-state index contributed by atoms with van der Waals surface area (Å²) >= 11 is 1.56. The molecule has 1 N–H and O–H groups in total. The predicted octanol–water partition coefficient (Wildman–Crippen LogP) is 4.65. The summed E-state index contributed by atoms with van der Waals surface area (Å²) in [6, 6.07) is 5.13. The third kappa shape index (κ3) is 2.67. The summed E-state index contributed by atoms with van der Waals surface area (Å²) in [5.74, 6) is -3.05. The minimum atomic E-state index is -1.19. The Labute approximate surface area is 107 Å². The molecule has 1 aromatic heterocycles. The fraction of sp³-hybridized carbons (Fsp3) is 0.231. The normalized spacial score (nSPS) is 12.5. The second-order valence-electron chi connectivity index (χ2n) is 4.06. The van der Waals surface area contributed by atoms with E-state index in [9.17, 15) is 13.2 Å². The monoisotopic (exact) mass is 271 g/mol. The van der Waals surface area contributed by atoms with Gasteiger partial charge in [-0.15, -0.1) is 11.3 Å². The fourth-order valence-electron chi connectivity index (χ4n) is 1.65. The van der Waals surface area contributed by atoms with Gasteiger partial charge in [-0.25, -0.2) is 13.2 Å². The lowest BCUT2D eigenvalue weighted by molar-refractivity contribution is 0.496. The summed E-state index contributed by atoms with van der Waals surface area (Å²) in [5, 5.41) is 2.78. The Kier molecular flexibility index (Phi) is 3.61. The lowest BCUT2D eigenvalue weighted by Crippen LogP contribution is -2.07. The van der Waals surface area contributed by atoms with Crippen molar-refractivity contribution < 1.29 is 13.2 Å². The van der Waals surface area contributed by atoms with E-state index < -0.39 is 17.5 Å². The number of halogens is 3. The van der Waals surface area contributed by atoms with Crippen LogP contribution in [-0.2, 0) is 0 Å². The molecule has 0 radical (unpaired) electrons. The van der Waals surface area contributed by atoms with Crippen molar-refractivity contribution in [2.45, 2.75) is 19.9 Å². The number of anilines is 1. The molecule has 0 amide bonds. The molecule has 1 aromatic carbocycles.